The molecule has 58 valence electrons. The molecular weight excluding hydrogens is 205 g/mol. The van der Waals surface area contributed by atoms with Gasteiger partial charge in [-0.3, -0.25) is 0 Å². The minimum Gasteiger partial charge on any atom is -0.433 e. The van der Waals surface area contributed by atoms with Crippen LogP contribution in [0.1, 0.15) is 0 Å². The zero-order valence-corrected chi connectivity index (χ0v) is 7.80. The summed E-state index contributed by atoms with van der Waals surface area (Å²) in [5, 5.41) is 11.8. The SMILES string of the molecule is CB(O)Nc1ccc(Br)cc1. The Balaban J connectivity index is 2.66. The largest absolute Gasteiger partial charge is 0.433 e. The molecule has 0 spiro atoms. The van der Waals surface area contributed by atoms with Gasteiger partial charge in [0.15, 0.2) is 0 Å². The van der Waals surface area contributed by atoms with Crippen molar-refractivity contribution in [1.82, 2.24) is 0 Å². The lowest BCUT2D eigenvalue weighted by molar-refractivity contribution is 0.587. The quantitative estimate of drug-likeness (QED) is 0.737. The third kappa shape index (κ3) is 2.95. The van der Waals surface area contributed by atoms with E-state index < -0.39 is 7.05 Å². The smallest absolute Gasteiger partial charge is 0.406 e. The topological polar surface area (TPSA) is 32.3 Å². The van der Waals surface area contributed by atoms with E-state index in [1.807, 2.05) is 24.3 Å². The van der Waals surface area contributed by atoms with Crippen LogP contribution in [0.25, 0.3) is 0 Å². The molecule has 4 heteroatoms. The van der Waals surface area contributed by atoms with Crippen LogP contribution in [-0.4, -0.2) is 12.1 Å². The molecule has 0 aliphatic rings. The summed E-state index contributed by atoms with van der Waals surface area (Å²) in [4.78, 5) is 0. The molecule has 0 bridgehead atoms. The van der Waals surface area contributed by atoms with Crippen molar-refractivity contribution in [2.75, 3.05) is 5.23 Å². The molecule has 0 saturated carbocycles. The van der Waals surface area contributed by atoms with E-state index in [2.05, 4.69) is 21.2 Å². The standard InChI is InChI=1S/C7H9BBrNO/c1-8(11)10-7-4-2-6(9)3-5-7/h2-5,10-11H,1H3. The van der Waals surface area contributed by atoms with Crippen LogP contribution in [-0.2, 0) is 0 Å². The van der Waals surface area contributed by atoms with E-state index in [0.717, 1.165) is 10.2 Å². The van der Waals surface area contributed by atoms with Crippen LogP contribution in [0.15, 0.2) is 28.7 Å². The van der Waals surface area contributed by atoms with Crippen molar-refractivity contribution in [3.05, 3.63) is 28.7 Å². The maximum Gasteiger partial charge on any atom is 0.406 e. The fraction of sp³-hybridized carbons (Fsp3) is 0.143. The summed E-state index contributed by atoms with van der Waals surface area (Å²) in [5.41, 5.74) is 0.920. The van der Waals surface area contributed by atoms with Crippen LogP contribution in [0.3, 0.4) is 0 Å². The average Bonchev–Trinajstić information content (AvgIpc) is 1.93. The van der Waals surface area contributed by atoms with Gasteiger partial charge in [0.2, 0.25) is 0 Å². The van der Waals surface area contributed by atoms with Gasteiger partial charge in [0.25, 0.3) is 0 Å². The van der Waals surface area contributed by atoms with Crippen molar-refractivity contribution in [1.29, 1.82) is 0 Å². The zero-order valence-electron chi connectivity index (χ0n) is 6.21. The first-order chi connectivity index (χ1) is 5.18. The summed E-state index contributed by atoms with van der Waals surface area (Å²) in [6, 6.07) is 7.64. The van der Waals surface area contributed by atoms with Gasteiger partial charge in [0, 0.05) is 10.2 Å². The summed E-state index contributed by atoms with van der Waals surface area (Å²) in [6.45, 7) is 1.68. The van der Waals surface area contributed by atoms with Crippen LogP contribution < -0.4 is 5.23 Å². The molecule has 0 amide bonds. The number of anilines is 1. The van der Waals surface area contributed by atoms with Crippen molar-refractivity contribution in [3.63, 3.8) is 0 Å². The number of nitrogens with one attached hydrogen (secondary N) is 1. The van der Waals surface area contributed by atoms with Crippen LogP contribution in [0.2, 0.25) is 6.82 Å². The van der Waals surface area contributed by atoms with Crippen LogP contribution in [0.5, 0.6) is 0 Å². The Kier molecular flexibility index (Phi) is 2.97. The third-order valence-electron chi connectivity index (χ3n) is 1.22. The van der Waals surface area contributed by atoms with Gasteiger partial charge < -0.3 is 10.3 Å². The van der Waals surface area contributed by atoms with E-state index in [1.165, 1.54) is 0 Å². The highest BCUT2D eigenvalue weighted by Crippen LogP contribution is 2.13. The second kappa shape index (κ2) is 3.78. The number of hydrogen-bond donors (Lipinski definition) is 2. The normalized spacial score (nSPS) is 9.36. The Hall–Kier alpha value is -0.475. The van der Waals surface area contributed by atoms with Crippen molar-refractivity contribution < 1.29 is 5.02 Å². The number of halogens is 1. The van der Waals surface area contributed by atoms with E-state index in [-0.39, 0.29) is 0 Å². The predicted molar refractivity (Wildman–Crippen MR) is 51.6 cm³/mol. The predicted octanol–water partition coefficient (Wildman–Crippen LogP) is 1.97. The summed E-state index contributed by atoms with van der Waals surface area (Å²) in [5.74, 6) is 0. The Morgan fingerprint density at radius 2 is 1.91 bits per heavy atom. The highest BCUT2D eigenvalue weighted by molar-refractivity contribution is 9.10. The fourth-order valence-corrected chi connectivity index (χ4v) is 1.05. The van der Waals surface area contributed by atoms with Gasteiger partial charge in [0.1, 0.15) is 0 Å². The Labute approximate surface area is 74.9 Å². The van der Waals surface area contributed by atoms with Gasteiger partial charge in [-0.2, -0.15) is 0 Å². The molecule has 0 aliphatic carbocycles. The molecule has 0 saturated heterocycles. The van der Waals surface area contributed by atoms with Gasteiger partial charge >= 0.3 is 7.05 Å². The zero-order chi connectivity index (χ0) is 8.27. The molecule has 0 radical (unpaired) electrons. The molecule has 2 nitrogen and oxygen atoms in total. The first-order valence-electron chi connectivity index (χ1n) is 3.38. The fourth-order valence-electron chi connectivity index (χ4n) is 0.787. The molecule has 0 fully saturated rings. The molecule has 0 unspecified atom stereocenters. The van der Waals surface area contributed by atoms with Crippen LogP contribution >= 0.6 is 15.9 Å². The molecule has 1 aromatic rings. The minimum absolute atomic E-state index is 0.504. The third-order valence-corrected chi connectivity index (χ3v) is 1.75. The molecule has 1 rings (SSSR count). The number of hydrogen-bond acceptors (Lipinski definition) is 2. The Morgan fingerprint density at radius 3 is 2.36 bits per heavy atom. The van der Waals surface area contributed by atoms with Gasteiger partial charge in [-0.05, 0) is 31.1 Å². The summed E-state index contributed by atoms with van der Waals surface area (Å²) < 4.78 is 1.04. The van der Waals surface area contributed by atoms with E-state index in [1.54, 1.807) is 6.82 Å². The van der Waals surface area contributed by atoms with Crippen LogP contribution in [0, 0.1) is 0 Å². The highest BCUT2D eigenvalue weighted by Gasteiger charge is 2.00. The van der Waals surface area contributed by atoms with Crippen molar-refractivity contribution in [2.24, 2.45) is 0 Å². The molecular formula is C7H9BBrNO. The maximum absolute atomic E-state index is 8.95. The minimum atomic E-state index is -0.504. The monoisotopic (exact) mass is 213 g/mol. The lowest BCUT2D eigenvalue weighted by Crippen LogP contribution is -2.19. The molecule has 1 aromatic carbocycles. The van der Waals surface area contributed by atoms with Gasteiger partial charge in [-0.1, -0.05) is 15.9 Å². The van der Waals surface area contributed by atoms with E-state index in [0.29, 0.717) is 0 Å². The van der Waals surface area contributed by atoms with E-state index in [9.17, 15) is 0 Å². The summed E-state index contributed by atoms with van der Waals surface area (Å²) in [6.07, 6.45) is 0. The molecule has 0 aromatic heterocycles. The summed E-state index contributed by atoms with van der Waals surface area (Å²) >= 11 is 3.32. The maximum atomic E-state index is 8.95. The lowest BCUT2D eigenvalue weighted by atomic mass is 9.88. The Bertz CT molecular complexity index is 224. The van der Waals surface area contributed by atoms with Crippen molar-refractivity contribution >= 4 is 28.7 Å². The van der Waals surface area contributed by atoms with Crippen molar-refractivity contribution in [3.8, 4) is 0 Å². The molecule has 0 atom stereocenters. The molecule has 0 aliphatic heterocycles. The second-order valence-electron chi connectivity index (χ2n) is 2.33. The first-order valence-corrected chi connectivity index (χ1v) is 4.18. The van der Waals surface area contributed by atoms with Gasteiger partial charge in [0.05, 0.1) is 0 Å². The van der Waals surface area contributed by atoms with Gasteiger partial charge in [-0.15, -0.1) is 0 Å². The highest BCUT2D eigenvalue weighted by atomic mass is 79.9. The van der Waals surface area contributed by atoms with Crippen molar-refractivity contribution in [2.45, 2.75) is 6.82 Å². The Morgan fingerprint density at radius 1 is 1.36 bits per heavy atom. The molecule has 11 heavy (non-hydrogen) atoms. The first kappa shape index (κ1) is 8.62. The average molecular weight is 214 g/mol. The van der Waals surface area contributed by atoms with Crippen LogP contribution in [0.4, 0.5) is 5.69 Å². The van der Waals surface area contributed by atoms with E-state index in [4.69, 9.17) is 5.02 Å². The molecule has 0 heterocycles. The van der Waals surface area contributed by atoms with Gasteiger partial charge in [-0.25, -0.2) is 0 Å². The van der Waals surface area contributed by atoms with E-state index >= 15 is 0 Å². The second-order valence-corrected chi connectivity index (χ2v) is 3.24. The number of rotatable bonds is 2. The number of benzene rings is 1. The summed E-state index contributed by atoms with van der Waals surface area (Å²) in [7, 11) is -0.504. The molecule has 2 N–H and O–H groups in total. The lowest BCUT2D eigenvalue weighted by Gasteiger charge is -2.04.